The van der Waals surface area contributed by atoms with Gasteiger partial charge in [0, 0.05) is 14.1 Å². The van der Waals surface area contributed by atoms with Crippen molar-refractivity contribution < 1.29 is 9.53 Å². The minimum Gasteiger partial charge on any atom is -0.465 e. The van der Waals surface area contributed by atoms with Crippen molar-refractivity contribution in [2.75, 3.05) is 33.2 Å². The molecule has 2 atom stereocenters. The molecule has 0 saturated heterocycles. The minimum atomic E-state index is -0.510. The SMILES string of the molecule is CCOC(=O)[C@H](CCCl)NP(C)N(C)C. The lowest BCUT2D eigenvalue weighted by Crippen LogP contribution is -2.37. The third kappa shape index (κ3) is 6.31. The third-order valence-corrected chi connectivity index (χ3v) is 4.02. The van der Waals surface area contributed by atoms with E-state index in [0.717, 1.165) is 0 Å². The van der Waals surface area contributed by atoms with Crippen molar-refractivity contribution in [2.24, 2.45) is 0 Å². The first-order valence-corrected chi connectivity index (χ1v) is 7.20. The zero-order valence-corrected chi connectivity index (χ0v) is 11.4. The van der Waals surface area contributed by atoms with Crippen LogP contribution in [0.15, 0.2) is 0 Å². The summed E-state index contributed by atoms with van der Waals surface area (Å²) in [6.07, 6.45) is 0.598. The predicted molar refractivity (Wildman–Crippen MR) is 65.4 cm³/mol. The summed E-state index contributed by atoms with van der Waals surface area (Å²) >= 11 is 5.65. The van der Waals surface area contributed by atoms with Crippen LogP contribution in [0.5, 0.6) is 0 Å². The average Bonchev–Trinajstić information content (AvgIpc) is 2.17. The Morgan fingerprint density at radius 1 is 1.60 bits per heavy atom. The van der Waals surface area contributed by atoms with Crippen molar-refractivity contribution in [2.45, 2.75) is 19.4 Å². The summed E-state index contributed by atoms with van der Waals surface area (Å²) in [5.74, 6) is 0.238. The molecule has 0 spiro atoms. The normalized spacial score (nSPS) is 15.1. The summed E-state index contributed by atoms with van der Waals surface area (Å²) in [5.41, 5.74) is 0. The molecule has 0 bridgehead atoms. The summed E-state index contributed by atoms with van der Waals surface area (Å²) in [6.45, 7) is 4.26. The molecule has 0 amide bonds. The van der Waals surface area contributed by atoms with Gasteiger partial charge in [-0.05, 0) is 34.1 Å². The summed E-state index contributed by atoms with van der Waals surface area (Å²) in [7, 11) is 3.44. The Morgan fingerprint density at radius 3 is 2.60 bits per heavy atom. The van der Waals surface area contributed by atoms with Gasteiger partial charge in [0.25, 0.3) is 0 Å². The maximum absolute atomic E-state index is 11.5. The van der Waals surface area contributed by atoms with Crippen molar-refractivity contribution in [3.05, 3.63) is 0 Å². The highest BCUT2D eigenvalue weighted by molar-refractivity contribution is 7.52. The molecule has 0 aromatic heterocycles. The van der Waals surface area contributed by atoms with Crippen molar-refractivity contribution in [3.8, 4) is 0 Å². The Hall–Kier alpha value is 0.110. The van der Waals surface area contributed by atoms with Gasteiger partial charge >= 0.3 is 5.97 Å². The first-order chi connectivity index (χ1) is 7.02. The van der Waals surface area contributed by atoms with Crippen LogP contribution in [0.3, 0.4) is 0 Å². The Morgan fingerprint density at radius 2 is 2.20 bits per heavy atom. The summed E-state index contributed by atoms with van der Waals surface area (Å²) in [5, 5.41) is 3.23. The van der Waals surface area contributed by atoms with Gasteiger partial charge in [-0.1, -0.05) is 0 Å². The number of halogens is 1. The Kier molecular flexibility index (Phi) is 8.34. The van der Waals surface area contributed by atoms with Crippen LogP contribution < -0.4 is 5.09 Å². The zero-order valence-electron chi connectivity index (χ0n) is 9.79. The van der Waals surface area contributed by atoms with Gasteiger partial charge in [0.2, 0.25) is 0 Å². The fraction of sp³-hybridized carbons (Fsp3) is 0.889. The molecule has 0 saturated carbocycles. The molecular weight excluding hydrogens is 235 g/mol. The Labute approximate surface area is 98.2 Å². The number of carbonyl (C=O) groups is 1. The molecular formula is C9H20ClN2O2P. The molecule has 1 N–H and O–H groups in total. The molecule has 4 nitrogen and oxygen atoms in total. The van der Waals surface area contributed by atoms with Gasteiger partial charge in [0.05, 0.1) is 6.61 Å². The maximum Gasteiger partial charge on any atom is 0.323 e. The lowest BCUT2D eigenvalue weighted by atomic mass is 10.2. The van der Waals surface area contributed by atoms with Gasteiger partial charge in [-0.3, -0.25) is 14.6 Å². The zero-order chi connectivity index (χ0) is 11.8. The predicted octanol–water partition coefficient (Wildman–Crippen LogP) is 1.64. The molecule has 0 aliphatic rings. The van der Waals surface area contributed by atoms with Gasteiger partial charge in [-0.2, -0.15) is 0 Å². The molecule has 0 aliphatic carbocycles. The van der Waals surface area contributed by atoms with Gasteiger partial charge in [0.1, 0.15) is 6.04 Å². The number of esters is 1. The van der Waals surface area contributed by atoms with Crippen LogP contribution in [0.4, 0.5) is 0 Å². The van der Waals surface area contributed by atoms with Crippen molar-refractivity contribution in [1.29, 1.82) is 0 Å². The number of carbonyl (C=O) groups excluding carboxylic acids is 1. The first kappa shape index (κ1) is 15.1. The maximum atomic E-state index is 11.5. The molecule has 0 rings (SSSR count). The number of nitrogens with one attached hydrogen (secondary N) is 1. The second-order valence-corrected chi connectivity index (χ2v) is 5.77. The summed E-state index contributed by atoms with van der Waals surface area (Å²) in [4.78, 5) is 11.5. The van der Waals surface area contributed by atoms with E-state index in [2.05, 4.69) is 16.4 Å². The van der Waals surface area contributed by atoms with Crippen LogP contribution in [0.25, 0.3) is 0 Å². The average molecular weight is 255 g/mol. The molecule has 0 aromatic rings. The number of ether oxygens (including phenoxy) is 1. The highest BCUT2D eigenvalue weighted by Gasteiger charge is 2.21. The van der Waals surface area contributed by atoms with E-state index in [9.17, 15) is 4.79 Å². The summed E-state index contributed by atoms with van der Waals surface area (Å²) in [6, 6.07) is -0.291. The fourth-order valence-corrected chi connectivity index (χ4v) is 2.06. The molecule has 6 heteroatoms. The van der Waals surface area contributed by atoms with E-state index in [-0.39, 0.29) is 12.0 Å². The number of hydrogen-bond acceptors (Lipinski definition) is 4. The molecule has 1 unspecified atom stereocenters. The van der Waals surface area contributed by atoms with Crippen LogP contribution in [-0.4, -0.2) is 49.9 Å². The fourth-order valence-electron chi connectivity index (χ4n) is 0.928. The molecule has 0 heterocycles. The van der Waals surface area contributed by atoms with Gasteiger partial charge in [-0.15, -0.1) is 11.6 Å². The van der Waals surface area contributed by atoms with E-state index >= 15 is 0 Å². The van der Waals surface area contributed by atoms with Crippen molar-refractivity contribution >= 4 is 25.8 Å². The lowest BCUT2D eigenvalue weighted by molar-refractivity contribution is -0.145. The van der Waals surface area contributed by atoms with E-state index in [1.165, 1.54) is 0 Å². The quantitative estimate of drug-likeness (QED) is 0.426. The lowest BCUT2D eigenvalue weighted by Gasteiger charge is -2.25. The molecule has 0 radical (unpaired) electrons. The van der Waals surface area contributed by atoms with Gasteiger partial charge < -0.3 is 4.74 Å². The third-order valence-electron chi connectivity index (χ3n) is 1.91. The topological polar surface area (TPSA) is 41.6 Å². The Bertz CT molecular complexity index is 193. The van der Waals surface area contributed by atoms with E-state index < -0.39 is 8.22 Å². The molecule has 0 fully saturated rings. The molecule has 90 valence electrons. The summed E-state index contributed by atoms with van der Waals surface area (Å²) < 4.78 is 7.02. The van der Waals surface area contributed by atoms with Crippen LogP contribution in [0.2, 0.25) is 0 Å². The number of nitrogens with zero attached hydrogens (tertiary/aromatic N) is 1. The number of hydrogen-bond donors (Lipinski definition) is 1. The smallest absolute Gasteiger partial charge is 0.323 e. The van der Waals surface area contributed by atoms with Crippen LogP contribution in [0.1, 0.15) is 13.3 Å². The number of rotatable bonds is 7. The standard InChI is InChI=1S/C9H20ClN2O2P/c1-5-14-9(13)8(6-7-10)11-15(4)12(2)3/h8,11H,5-7H2,1-4H3/t8-,15?/m0/s1. The Balaban J connectivity index is 4.19. The largest absolute Gasteiger partial charge is 0.465 e. The van der Waals surface area contributed by atoms with E-state index in [1.807, 2.05) is 14.1 Å². The second kappa shape index (κ2) is 8.28. The van der Waals surface area contributed by atoms with E-state index in [0.29, 0.717) is 18.9 Å². The second-order valence-electron chi connectivity index (χ2n) is 3.28. The minimum absolute atomic E-state index is 0.214. The highest BCUT2D eigenvalue weighted by atomic mass is 35.5. The molecule has 0 aromatic carbocycles. The van der Waals surface area contributed by atoms with E-state index in [4.69, 9.17) is 16.3 Å². The molecule has 0 aliphatic heterocycles. The number of alkyl halides is 1. The van der Waals surface area contributed by atoms with Crippen molar-refractivity contribution in [3.63, 3.8) is 0 Å². The van der Waals surface area contributed by atoms with Gasteiger partial charge in [0.15, 0.2) is 0 Å². The van der Waals surface area contributed by atoms with Crippen LogP contribution in [0, 0.1) is 0 Å². The van der Waals surface area contributed by atoms with Crippen molar-refractivity contribution in [1.82, 2.24) is 9.76 Å². The van der Waals surface area contributed by atoms with Gasteiger partial charge in [-0.25, -0.2) is 0 Å². The first-order valence-electron chi connectivity index (χ1n) is 4.92. The monoisotopic (exact) mass is 254 g/mol. The van der Waals surface area contributed by atoms with Crippen LogP contribution >= 0.6 is 19.8 Å². The highest BCUT2D eigenvalue weighted by Crippen LogP contribution is 2.28. The van der Waals surface area contributed by atoms with Crippen LogP contribution in [-0.2, 0) is 9.53 Å². The van der Waals surface area contributed by atoms with E-state index in [1.54, 1.807) is 6.92 Å². The molecule has 15 heavy (non-hydrogen) atoms.